The molecule has 3 fully saturated rings. The lowest BCUT2D eigenvalue weighted by atomic mass is 10.0. The molecule has 50 heavy (non-hydrogen) atoms. The molecule has 1 N–H and O–H groups in total. The van der Waals surface area contributed by atoms with Gasteiger partial charge >= 0.3 is 0 Å². The van der Waals surface area contributed by atoms with Crippen molar-refractivity contribution in [3.8, 4) is 5.75 Å². The number of piperidine rings is 2. The summed E-state index contributed by atoms with van der Waals surface area (Å²) in [6, 6.07) is 19.0. The van der Waals surface area contributed by atoms with Crippen LogP contribution in [0.2, 0.25) is 0 Å². The molecule has 262 valence electrons. The number of nitrogens with one attached hydrogen (secondary N) is 1. The zero-order chi connectivity index (χ0) is 34.6. The summed E-state index contributed by atoms with van der Waals surface area (Å²) < 4.78 is 5.37. The molecule has 0 aliphatic carbocycles. The normalized spacial score (nSPS) is 21.7. The number of methoxy groups -OCH3 is 1. The smallest absolute Gasteiger partial charge is 0.262 e. The van der Waals surface area contributed by atoms with Crippen LogP contribution in [-0.4, -0.2) is 115 Å². The summed E-state index contributed by atoms with van der Waals surface area (Å²) >= 11 is 0. The lowest BCUT2D eigenvalue weighted by Crippen LogP contribution is -2.55. The fourth-order valence-electron chi connectivity index (χ4n) is 7.78. The topological polar surface area (TPSA) is 119 Å². The number of aromatic nitrogens is 1. The number of nitrogens with zero attached hydrogens (tertiary/aromatic N) is 6. The molecule has 3 aromatic rings. The third kappa shape index (κ3) is 7.22. The molecule has 12 nitrogen and oxygen atoms in total. The van der Waals surface area contributed by atoms with Crippen LogP contribution >= 0.6 is 0 Å². The summed E-state index contributed by atoms with van der Waals surface area (Å²) in [5, 5.41) is 2.27. The van der Waals surface area contributed by atoms with Crippen LogP contribution in [0, 0.1) is 0 Å². The van der Waals surface area contributed by atoms with Crippen molar-refractivity contribution in [3.63, 3.8) is 0 Å². The first kappa shape index (κ1) is 33.7. The summed E-state index contributed by atoms with van der Waals surface area (Å²) in [4.78, 5) is 66.7. The van der Waals surface area contributed by atoms with Crippen molar-refractivity contribution in [2.24, 2.45) is 0 Å². The maximum absolute atomic E-state index is 13.6. The maximum Gasteiger partial charge on any atom is 0.262 e. The molecule has 4 aliphatic rings. The second-order valence-corrected chi connectivity index (χ2v) is 13.6. The first-order chi connectivity index (χ1) is 24.4. The summed E-state index contributed by atoms with van der Waals surface area (Å²) in [6.45, 7) is 8.58. The van der Waals surface area contributed by atoms with E-state index >= 15 is 0 Å². The van der Waals surface area contributed by atoms with Gasteiger partial charge in [0.2, 0.25) is 11.8 Å². The number of hydrogen-bond acceptors (Lipinski definition) is 10. The number of carbonyl (C=O) groups excluding carboxylic acids is 4. The van der Waals surface area contributed by atoms with Crippen LogP contribution in [0.15, 0.2) is 66.9 Å². The van der Waals surface area contributed by atoms with Crippen molar-refractivity contribution in [3.05, 3.63) is 83.6 Å². The second-order valence-electron chi connectivity index (χ2n) is 13.6. The Hall–Kier alpha value is -4.81. The number of rotatable bonds is 11. The van der Waals surface area contributed by atoms with Crippen LogP contribution in [-0.2, 0) is 16.1 Å². The van der Waals surface area contributed by atoms with Gasteiger partial charge in [0.15, 0.2) is 0 Å². The molecule has 7 rings (SSSR count). The SMILES string of the molecule is COc1ccc(CN(CCCN2CCCC(N3CCN(c4ccccn4)CC3)C2)c2ccc3c(c2)C(=O)N(C2CCC(=O)NC2=O)C3=O)cc1. The van der Waals surface area contributed by atoms with Gasteiger partial charge in [-0.3, -0.25) is 34.3 Å². The first-order valence-electron chi connectivity index (χ1n) is 17.7. The standard InChI is InChI=1S/C38H45N7O5/c1-50-30-11-8-27(9-12-30)25-44(28-10-13-31-32(24-28)38(49)45(37(31)48)33-14-15-35(46)40-36(33)47)19-5-18-41-17-4-6-29(26-41)42-20-22-43(23-21-42)34-7-2-3-16-39-34/h2-3,7-13,16,24,29,33H,4-6,14-15,17-23,25-26H2,1H3,(H,40,46,47). The average molecular weight is 680 g/mol. The number of fused-ring (bicyclic) bond motifs is 1. The van der Waals surface area contributed by atoms with E-state index in [9.17, 15) is 19.2 Å². The molecule has 2 unspecified atom stereocenters. The predicted molar refractivity (Wildman–Crippen MR) is 189 cm³/mol. The van der Waals surface area contributed by atoms with Crippen LogP contribution in [0.1, 0.15) is 58.4 Å². The van der Waals surface area contributed by atoms with Gasteiger partial charge < -0.3 is 19.4 Å². The van der Waals surface area contributed by atoms with Gasteiger partial charge in [-0.1, -0.05) is 18.2 Å². The molecule has 2 aromatic carbocycles. The summed E-state index contributed by atoms with van der Waals surface area (Å²) in [5.74, 6) is -0.143. The Kier molecular flexibility index (Phi) is 10.1. The van der Waals surface area contributed by atoms with E-state index in [2.05, 4.69) is 36.0 Å². The number of carbonyl (C=O) groups is 4. The summed E-state index contributed by atoms with van der Waals surface area (Å²) in [5.41, 5.74) is 2.52. The van der Waals surface area contributed by atoms with Crippen molar-refractivity contribution in [1.82, 2.24) is 25.0 Å². The van der Waals surface area contributed by atoms with Crippen molar-refractivity contribution in [2.75, 3.05) is 69.3 Å². The number of hydrogen-bond donors (Lipinski definition) is 1. The number of pyridine rings is 1. The molecule has 4 amide bonds. The molecule has 2 atom stereocenters. The van der Waals surface area contributed by atoms with E-state index in [1.165, 1.54) is 12.8 Å². The minimum atomic E-state index is -0.989. The first-order valence-corrected chi connectivity index (χ1v) is 17.7. The Bertz CT molecular complexity index is 1710. The predicted octanol–water partition coefficient (Wildman–Crippen LogP) is 3.17. The third-order valence-corrected chi connectivity index (χ3v) is 10.5. The Balaban J connectivity index is 1.01. The molecule has 0 bridgehead atoms. The molecular weight excluding hydrogens is 634 g/mol. The molecule has 4 aliphatic heterocycles. The number of anilines is 2. The van der Waals surface area contributed by atoms with Crippen molar-refractivity contribution >= 4 is 35.1 Å². The molecule has 3 saturated heterocycles. The van der Waals surface area contributed by atoms with Gasteiger partial charge in [0.1, 0.15) is 17.6 Å². The minimum Gasteiger partial charge on any atom is -0.497 e. The highest BCUT2D eigenvalue weighted by Gasteiger charge is 2.44. The lowest BCUT2D eigenvalue weighted by Gasteiger charge is -2.43. The van der Waals surface area contributed by atoms with Gasteiger partial charge in [0.25, 0.3) is 11.8 Å². The van der Waals surface area contributed by atoms with Crippen LogP contribution < -0.4 is 19.9 Å². The molecule has 1 aromatic heterocycles. The number of imide groups is 2. The van der Waals surface area contributed by atoms with Crippen LogP contribution in [0.3, 0.4) is 0 Å². The van der Waals surface area contributed by atoms with Gasteiger partial charge in [0, 0.05) is 70.2 Å². The van der Waals surface area contributed by atoms with E-state index in [1.54, 1.807) is 19.2 Å². The highest BCUT2D eigenvalue weighted by Crippen LogP contribution is 2.32. The quantitative estimate of drug-likeness (QED) is 0.303. The number of amides is 4. The van der Waals surface area contributed by atoms with Crippen molar-refractivity contribution in [2.45, 2.75) is 50.7 Å². The van der Waals surface area contributed by atoms with Gasteiger partial charge in [-0.2, -0.15) is 0 Å². The molecule has 0 radical (unpaired) electrons. The molecule has 5 heterocycles. The highest BCUT2D eigenvalue weighted by atomic mass is 16.5. The molecule has 12 heteroatoms. The van der Waals surface area contributed by atoms with E-state index in [4.69, 9.17) is 4.74 Å². The monoisotopic (exact) mass is 679 g/mol. The maximum atomic E-state index is 13.6. The highest BCUT2D eigenvalue weighted by molar-refractivity contribution is 6.23. The van der Waals surface area contributed by atoms with Gasteiger partial charge in [0.05, 0.1) is 18.2 Å². The van der Waals surface area contributed by atoms with E-state index < -0.39 is 23.8 Å². The molecule has 0 saturated carbocycles. The van der Waals surface area contributed by atoms with Crippen LogP contribution in [0.25, 0.3) is 0 Å². The number of benzene rings is 2. The largest absolute Gasteiger partial charge is 0.497 e. The number of piperazine rings is 1. The minimum absolute atomic E-state index is 0.0884. The Labute approximate surface area is 293 Å². The lowest BCUT2D eigenvalue weighted by molar-refractivity contribution is -0.136. The third-order valence-electron chi connectivity index (χ3n) is 10.5. The number of likely N-dealkylation sites (tertiary alicyclic amines) is 1. The van der Waals surface area contributed by atoms with Crippen LogP contribution in [0.4, 0.5) is 11.5 Å². The van der Waals surface area contributed by atoms with Crippen molar-refractivity contribution < 1.29 is 23.9 Å². The van der Waals surface area contributed by atoms with E-state index in [0.717, 1.165) is 86.5 Å². The van der Waals surface area contributed by atoms with Gasteiger partial charge in [-0.05, 0) is 86.8 Å². The average Bonchev–Trinajstić information content (AvgIpc) is 3.40. The van der Waals surface area contributed by atoms with Gasteiger partial charge in [-0.15, -0.1) is 0 Å². The van der Waals surface area contributed by atoms with E-state index in [-0.39, 0.29) is 24.3 Å². The molecule has 0 spiro atoms. The summed E-state index contributed by atoms with van der Waals surface area (Å²) in [6.07, 6.45) is 5.42. The van der Waals surface area contributed by atoms with Crippen molar-refractivity contribution in [1.29, 1.82) is 0 Å². The fourth-order valence-corrected chi connectivity index (χ4v) is 7.78. The molecular formula is C38H45N7O5. The van der Waals surface area contributed by atoms with Gasteiger partial charge in [-0.25, -0.2) is 4.98 Å². The fraction of sp³-hybridized carbons (Fsp3) is 0.447. The Morgan fingerprint density at radius 3 is 2.44 bits per heavy atom. The summed E-state index contributed by atoms with van der Waals surface area (Å²) in [7, 11) is 1.65. The Morgan fingerprint density at radius 2 is 1.70 bits per heavy atom. The zero-order valence-electron chi connectivity index (χ0n) is 28.6. The van der Waals surface area contributed by atoms with E-state index in [1.807, 2.05) is 48.7 Å². The van der Waals surface area contributed by atoms with E-state index in [0.29, 0.717) is 18.2 Å². The second kappa shape index (κ2) is 15.0. The Morgan fingerprint density at radius 1 is 0.900 bits per heavy atom. The van der Waals surface area contributed by atoms with Crippen LogP contribution in [0.5, 0.6) is 5.75 Å². The number of ether oxygens (including phenoxy) is 1. The zero-order valence-corrected chi connectivity index (χ0v) is 28.6.